The molecular formula is C25H34N4O4S. The van der Waals surface area contributed by atoms with Gasteiger partial charge in [-0.1, -0.05) is 12.1 Å². The Morgan fingerprint density at radius 1 is 1.15 bits per heavy atom. The number of hydrogen-bond acceptors (Lipinski definition) is 6. The minimum atomic E-state index is -0.232. The average molecular weight is 487 g/mol. The molecule has 0 bridgehead atoms. The molecule has 0 radical (unpaired) electrons. The third kappa shape index (κ3) is 4.89. The molecule has 2 aliphatic heterocycles. The van der Waals surface area contributed by atoms with Crippen molar-refractivity contribution in [3.05, 3.63) is 29.3 Å². The Balaban J connectivity index is 1.28. The van der Waals surface area contributed by atoms with Crippen LogP contribution < -0.4 is 10.2 Å². The third-order valence-electron chi connectivity index (χ3n) is 7.62. The van der Waals surface area contributed by atoms with Gasteiger partial charge in [-0.15, -0.1) is 0 Å². The van der Waals surface area contributed by atoms with Crippen LogP contribution in [0.1, 0.15) is 36.8 Å². The lowest BCUT2D eigenvalue weighted by Crippen LogP contribution is -2.62. The summed E-state index contributed by atoms with van der Waals surface area (Å²) >= 11 is 5.45. The van der Waals surface area contributed by atoms with Gasteiger partial charge in [0, 0.05) is 50.9 Å². The van der Waals surface area contributed by atoms with Crippen molar-refractivity contribution in [2.75, 3.05) is 44.7 Å². The van der Waals surface area contributed by atoms with Crippen LogP contribution in [-0.2, 0) is 19.1 Å². The van der Waals surface area contributed by atoms with Crippen LogP contribution in [0.5, 0.6) is 0 Å². The zero-order valence-electron chi connectivity index (χ0n) is 20.2. The Labute approximate surface area is 206 Å². The van der Waals surface area contributed by atoms with Gasteiger partial charge in [0.1, 0.15) is 0 Å². The fourth-order valence-electron chi connectivity index (χ4n) is 5.40. The number of thiocarbonyl (C=S) groups is 1. The lowest BCUT2D eigenvalue weighted by atomic mass is 9.76. The second-order valence-corrected chi connectivity index (χ2v) is 9.91. The predicted octanol–water partition coefficient (Wildman–Crippen LogP) is 2.02. The number of methoxy groups -OCH3 is 1. The lowest BCUT2D eigenvalue weighted by molar-refractivity contribution is -0.149. The van der Waals surface area contributed by atoms with Crippen LogP contribution >= 0.6 is 12.2 Å². The molecule has 1 N–H and O–H groups in total. The summed E-state index contributed by atoms with van der Waals surface area (Å²) in [4.78, 5) is 43.7. The number of fused-ring (bicyclic) bond motifs is 1. The summed E-state index contributed by atoms with van der Waals surface area (Å²) in [6, 6.07) is 6.19. The molecule has 1 saturated carbocycles. The van der Waals surface area contributed by atoms with Gasteiger partial charge >= 0.3 is 5.97 Å². The molecule has 3 fully saturated rings. The van der Waals surface area contributed by atoms with Crippen molar-refractivity contribution in [2.24, 2.45) is 11.8 Å². The molecule has 9 heteroatoms. The van der Waals surface area contributed by atoms with E-state index in [1.165, 1.54) is 23.9 Å². The minimum absolute atomic E-state index is 0.0374. The SMILES string of the molecule is COC(=O)C1CCC2C(=O)N(CCC(=O)N3CCN(c4cccc(C)c4C)CC3)C(=S)NC2C1. The van der Waals surface area contributed by atoms with E-state index in [-0.39, 0.29) is 48.6 Å². The van der Waals surface area contributed by atoms with Gasteiger partial charge in [0.25, 0.3) is 0 Å². The van der Waals surface area contributed by atoms with Crippen LogP contribution in [0.25, 0.3) is 0 Å². The van der Waals surface area contributed by atoms with Gasteiger partial charge < -0.3 is 19.9 Å². The number of ether oxygens (including phenoxy) is 1. The molecule has 0 spiro atoms. The highest BCUT2D eigenvalue weighted by atomic mass is 32.1. The van der Waals surface area contributed by atoms with Crippen molar-refractivity contribution >= 4 is 40.8 Å². The van der Waals surface area contributed by atoms with Crippen molar-refractivity contribution in [3.63, 3.8) is 0 Å². The number of hydrogen-bond donors (Lipinski definition) is 1. The van der Waals surface area contributed by atoms with Crippen LogP contribution in [0.2, 0.25) is 0 Å². The van der Waals surface area contributed by atoms with E-state index in [4.69, 9.17) is 17.0 Å². The van der Waals surface area contributed by atoms with E-state index in [2.05, 4.69) is 42.3 Å². The molecule has 1 aromatic rings. The zero-order valence-corrected chi connectivity index (χ0v) is 21.0. The van der Waals surface area contributed by atoms with Gasteiger partial charge in [-0.2, -0.15) is 0 Å². The summed E-state index contributed by atoms with van der Waals surface area (Å²) in [6.07, 6.45) is 2.04. The fraction of sp³-hybridized carbons (Fsp3) is 0.600. The summed E-state index contributed by atoms with van der Waals surface area (Å²) in [5.41, 5.74) is 3.79. The molecule has 8 nitrogen and oxygen atoms in total. The first-order valence-electron chi connectivity index (χ1n) is 12.1. The van der Waals surface area contributed by atoms with Gasteiger partial charge in [-0.25, -0.2) is 0 Å². The number of nitrogens with one attached hydrogen (secondary N) is 1. The van der Waals surface area contributed by atoms with Gasteiger partial charge in [-0.3, -0.25) is 19.3 Å². The molecule has 3 unspecified atom stereocenters. The van der Waals surface area contributed by atoms with Crippen LogP contribution in [0.4, 0.5) is 5.69 Å². The molecule has 0 aromatic heterocycles. The highest BCUT2D eigenvalue weighted by molar-refractivity contribution is 7.80. The van der Waals surface area contributed by atoms with Crippen molar-refractivity contribution in [3.8, 4) is 0 Å². The second kappa shape index (κ2) is 10.3. The molecule has 1 aliphatic carbocycles. The number of benzene rings is 1. The number of esters is 1. The summed E-state index contributed by atoms with van der Waals surface area (Å²) in [5.74, 6) is -0.643. The molecule has 3 atom stereocenters. The summed E-state index contributed by atoms with van der Waals surface area (Å²) in [5, 5.41) is 3.59. The minimum Gasteiger partial charge on any atom is -0.469 e. The van der Waals surface area contributed by atoms with Gasteiger partial charge in [0.05, 0.1) is 18.9 Å². The largest absolute Gasteiger partial charge is 0.469 e. The molecule has 184 valence electrons. The fourth-order valence-corrected chi connectivity index (χ4v) is 5.73. The Morgan fingerprint density at radius 3 is 2.59 bits per heavy atom. The first-order chi connectivity index (χ1) is 16.3. The van der Waals surface area contributed by atoms with Crippen LogP contribution in [-0.4, -0.2) is 78.6 Å². The highest BCUT2D eigenvalue weighted by Gasteiger charge is 2.44. The average Bonchev–Trinajstić information content (AvgIpc) is 2.84. The van der Waals surface area contributed by atoms with Gasteiger partial charge in [-0.05, 0) is 62.5 Å². The number of amides is 2. The van der Waals surface area contributed by atoms with Crippen LogP contribution in [0.3, 0.4) is 0 Å². The number of piperazine rings is 1. The van der Waals surface area contributed by atoms with E-state index in [1.54, 1.807) is 4.90 Å². The quantitative estimate of drug-likeness (QED) is 0.504. The smallest absolute Gasteiger partial charge is 0.308 e. The van der Waals surface area contributed by atoms with E-state index in [1.807, 2.05) is 4.90 Å². The number of carbonyl (C=O) groups excluding carboxylic acids is 3. The van der Waals surface area contributed by atoms with Crippen LogP contribution in [0, 0.1) is 25.7 Å². The molecule has 4 rings (SSSR count). The zero-order chi connectivity index (χ0) is 24.4. The maximum absolute atomic E-state index is 13.1. The van der Waals surface area contributed by atoms with Gasteiger partial charge in [0.2, 0.25) is 11.8 Å². The Kier molecular flexibility index (Phi) is 7.40. The van der Waals surface area contributed by atoms with E-state index in [0.29, 0.717) is 37.5 Å². The Bertz CT molecular complexity index is 976. The van der Waals surface area contributed by atoms with E-state index in [9.17, 15) is 14.4 Å². The van der Waals surface area contributed by atoms with Crippen molar-refractivity contribution < 1.29 is 19.1 Å². The number of anilines is 1. The molecule has 34 heavy (non-hydrogen) atoms. The summed E-state index contributed by atoms with van der Waals surface area (Å²) in [6.45, 7) is 7.47. The monoisotopic (exact) mass is 486 g/mol. The second-order valence-electron chi connectivity index (χ2n) is 9.52. The molecule has 2 heterocycles. The maximum atomic E-state index is 13.1. The normalized spacial score (nSPS) is 25.0. The number of nitrogens with zero attached hydrogens (tertiary/aromatic N) is 3. The standard InChI is InChI=1S/C25H34N4O4S/c1-16-5-4-6-21(17(16)2)27-11-13-28(14-12-27)22(30)9-10-29-23(31)19-8-7-18(24(32)33-3)15-20(19)26-25(29)34/h4-6,18-20H,7-15H2,1-3H3,(H,26,34). The topological polar surface area (TPSA) is 82.2 Å². The van der Waals surface area contributed by atoms with Crippen molar-refractivity contribution in [1.82, 2.24) is 15.1 Å². The predicted molar refractivity (Wildman–Crippen MR) is 133 cm³/mol. The number of carbonyl (C=O) groups is 3. The highest BCUT2D eigenvalue weighted by Crippen LogP contribution is 2.33. The van der Waals surface area contributed by atoms with Crippen LogP contribution in [0.15, 0.2) is 18.2 Å². The first-order valence-corrected chi connectivity index (χ1v) is 12.5. The Morgan fingerprint density at radius 2 is 1.88 bits per heavy atom. The number of rotatable bonds is 5. The van der Waals surface area contributed by atoms with E-state index >= 15 is 0 Å². The molecular weight excluding hydrogens is 452 g/mol. The van der Waals surface area contributed by atoms with Gasteiger partial charge in [0.15, 0.2) is 5.11 Å². The first kappa shape index (κ1) is 24.4. The molecule has 3 aliphatic rings. The Hall–Kier alpha value is -2.68. The van der Waals surface area contributed by atoms with E-state index < -0.39 is 0 Å². The summed E-state index contributed by atoms with van der Waals surface area (Å²) < 4.78 is 4.87. The third-order valence-corrected chi connectivity index (χ3v) is 7.96. The van der Waals surface area contributed by atoms with E-state index in [0.717, 1.165) is 13.1 Å². The molecule has 2 amide bonds. The maximum Gasteiger partial charge on any atom is 0.308 e. The summed E-state index contributed by atoms with van der Waals surface area (Å²) in [7, 11) is 1.39. The van der Waals surface area contributed by atoms with Crippen molar-refractivity contribution in [1.29, 1.82) is 0 Å². The van der Waals surface area contributed by atoms with Crippen molar-refractivity contribution in [2.45, 2.75) is 45.6 Å². The number of aryl methyl sites for hydroxylation is 1. The molecule has 2 saturated heterocycles. The molecule has 1 aromatic carbocycles. The lowest BCUT2D eigenvalue weighted by Gasteiger charge is -2.43.